The van der Waals surface area contributed by atoms with Crippen molar-refractivity contribution in [1.82, 2.24) is 9.97 Å². The van der Waals surface area contributed by atoms with Crippen LogP contribution < -0.4 is 10.2 Å². The van der Waals surface area contributed by atoms with Gasteiger partial charge in [-0.15, -0.1) is 6.58 Å². The van der Waals surface area contributed by atoms with E-state index in [9.17, 15) is 0 Å². The SMILES string of the molecule is C=CCN(C(=S)Nc1cc2ncccc2c2cccnc12)c1ccccc1. The zero-order valence-electron chi connectivity index (χ0n) is 14.7. The molecule has 0 amide bonds. The first-order valence-electron chi connectivity index (χ1n) is 8.65. The quantitative estimate of drug-likeness (QED) is 0.305. The Hall–Kier alpha value is -3.31. The van der Waals surface area contributed by atoms with Gasteiger partial charge in [-0.05, 0) is 42.5 Å². The lowest BCUT2D eigenvalue weighted by Gasteiger charge is -2.25. The van der Waals surface area contributed by atoms with Crippen LogP contribution in [0.5, 0.6) is 0 Å². The van der Waals surface area contributed by atoms with Gasteiger partial charge in [-0.1, -0.05) is 36.4 Å². The molecule has 0 fully saturated rings. The highest BCUT2D eigenvalue weighted by atomic mass is 32.1. The molecule has 2 aromatic carbocycles. The Morgan fingerprint density at radius 3 is 2.52 bits per heavy atom. The number of fused-ring (bicyclic) bond motifs is 3. The highest BCUT2D eigenvalue weighted by molar-refractivity contribution is 7.80. The van der Waals surface area contributed by atoms with Crippen LogP contribution in [0.15, 0.2) is 85.7 Å². The van der Waals surface area contributed by atoms with Crippen molar-refractivity contribution in [2.45, 2.75) is 0 Å². The van der Waals surface area contributed by atoms with E-state index in [4.69, 9.17) is 12.2 Å². The molecule has 4 rings (SSSR count). The van der Waals surface area contributed by atoms with Crippen LogP contribution in [-0.4, -0.2) is 21.6 Å². The summed E-state index contributed by atoms with van der Waals surface area (Å²) in [6.07, 6.45) is 5.41. The molecular weight excluding hydrogens is 352 g/mol. The number of pyridine rings is 2. The molecule has 0 atom stereocenters. The minimum absolute atomic E-state index is 0.586. The summed E-state index contributed by atoms with van der Waals surface area (Å²) in [5, 5.41) is 6.07. The van der Waals surface area contributed by atoms with Crippen LogP contribution in [0.1, 0.15) is 0 Å². The molecule has 132 valence electrons. The molecule has 0 radical (unpaired) electrons. The highest BCUT2D eigenvalue weighted by Crippen LogP contribution is 2.29. The van der Waals surface area contributed by atoms with E-state index >= 15 is 0 Å². The Kier molecular flexibility index (Phi) is 4.77. The number of anilines is 2. The monoisotopic (exact) mass is 370 g/mol. The van der Waals surface area contributed by atoms with Gasteiger partial charge in [-0.25, -0.2) is 0 Å². The van der Waals surface area contributed by atoms with Crippen molar-refractivity contribution in [1.29, 1.82) is 0 Å². The molecule has 0 aliphatic rings. The largest absolute Gasteiger partial charge is 0.330 e. The maximum absolute atomic E-state index is 5.71. The van der Waals surface area contributed by atoms with E-state index in [1.165, 1.54) is 0 Å². The van der Waals surface area contributed by atoms with Gasteiger partial charge >= 0.3 is 0 Å². The van der Waals surface area contributed by atoms with E-state index in [0.717, 1.165) is 33.2 Å². The standard InChI is InChI=1S/C22H18N4S/c1-2-14-26(16-8-4-3-5-9-16)22(27)25-20-15-19-17(10-6-12-23-19)18-11-7-13-24-21(18)20/h2-13,15H,1,14H2,(H,25,27). The van der Waals surface area contributed by atoms with E-state index in [-0.39, 0.29) is 0 Å². The number of nitrogens with zero attached hydrogens (tertiary/aromatic N) is 3. The van der Waals surface area contributed by atoms with Gasteiger partial charge in [-0.2, -0.15) is 0 Å². The summed E-state index contributed by atoms with van der Waals surface area (Å²) in [5.74, 6) is 0. The number of aromatic nitrogens is 2. The minimum atomic E-state index is 0.586. The molecule has 2 heterocycles. The van der Waals surface area contributed by atoms with Crippen molar-refractivity contribution in [2.75, 3.05) is 16.8 Å². The summed E-state index contributed by atoms with van der Waals surface area (Å²) in [6.45, 7) is 4.46. The van der Waals surface area contributed by atoms with Crippen molar-refractivity contribution in [3.05, 3.63) is 85.7 Å². The zero-order chi connectivity index (χ0) is 18.6. The Bertz CT molecular complexity index is 1120. The molecule has 0 spiro atoms. The van der Waals surface area contributed by atoms with Crippen molar-refractivity contribution in [2.24, 2.45) is 0 Å². The minimum Gasteiger partial charge on any atom is -0.330 e. The highest BCUT2D eigenvalue weighted by Gasteiger charge is 2.14. The number of hydrogen-bond acceptors (Lipinski definition) is 3. The maximum atomic E-state index is 5.71. The first-order valence-corrected chi connectivity index (χ1v) is 9.05. The molecule has 0 aliphatic heterocycles. The van der Waals surface area contributed by atoms with E-state index in [1.807, 2.05) is 59.5 Å². The molecule has 27 heavy (non-hydrogen) atoms. The van der Waals surface area contributed by atoms with Crippen LogP contribution in [-0.2, 0) is 0 Å². The van der Waals surface area contributed by atoms with Crippen LogP contribution >= 0.6 is 12.2 Å². The lowest BCUT2D eigenvalue weighted by atomic mass is 10.1. The van der Waals surface area contributed by atoms with Gasteiger partial charge in [0.05, 0.1) is 16.7 Å². The first kappa shape index (κ1) is 17.1. The number of rotatable bonds is 4. The van der Waals surface area contributed by atoms with Crippen LogP contribution in [0.25, 0.3) is 21.8 Å². The third kappa shape index (κ3) is 3.37. The van der Waals surface area contributed by atoms with Gasteiger partial charge < -0.3 is 10.2 Å². The molecule has 0 unspecified atom stereocenters. The summed E-state index contributed by atoms with van der Waals surface area (Å²) >= 11 is 5.71. The summed E-state index contributed by atoms with van der Waals surface area (Å²) in [6, 6.07) is 20.0. The predicted octanol–water partition coefficient (Wildman–Crippen LogP) is 5.17. The second kappa shape index (κ2) is 7.51. The topological polar surface area (TPSA) is 41.0 Å². The molecule has 0 bridgehead atoms. The Balaban J connectivity index is 1.77. The fourth-order valence-electron chi connectivity index (χ4n) is 3.12. The van der Waals surface area contributed by atoms with Gasteiger partial charge in [0.15, 0.2) is 5.11 Å². The number of para-hydroxylation sites is 1. The number of benzene rings is 2. The van der Waals surface area contributed by atoms with Gasteiger partial charge in [0.2, 0.25) is 0 Å². The number of hydrogen-bond donors (Lipinski definition) is 1. The zero-order valence-corrected chi connectivity index (χ0v) is 15.5. The summed E-state index contributed by atoms with van der Waals surface area (Å²) in [7, 11) is 0. The summed E-state index contributed by atoms with van der Waals surface area (Å²) in [4.78, 5) is 11.1. The molecule has 0 saturated heterocycles. The third-order valence-corrected chi connectivity index (χ3v) is 4.66. The van der Waals surface area contributed by atoms with Gasteiger partial charge in [-0.3, -0.25) is 9.97 Å². The van der Waals surface area contributed by atoms with Crippen LogP contribution in [0.4, 0.5) is 11.4 Å². The second-order valence-electron chi connectivity index (χ2n) is 6.06. The molecule has 2 aromatic heterocycles. The first-order chi connectivity index (χ1) is 13.3. The maximum Gasteiger partial charge on any atom is 0.178 e. The summed E-state index contributed by atoms with van der Waals surface area (Å²) in [5.41, 5.74) is 3.61. The Labute approximate surface area is 163 Å². The molecule has 0 aliphatic carbocycles. The van der Waals surface area contributed by atoms with E-state index < -0.39 is 0 Å². The van der Waals surface area contributed by atoms with Crippen molar-refractivity contribution in [3.63, 3.8) is 0 Å². The smallest absolute Gasteiger partial charge is 0.178 e. The van der Waals surface area contributed by atoms with Crippen molar-refractivity contribution >= 4 is 50.5 Å². The normalized spacial score (nSPS) is 10.7. The fraction of sp³-hybridized carbons (Fsp3) is 0.0455. The Morgan fingerprint density at radius 2 is 1.74 bits per heavy atom. The van der Waals surface area contributed by atoms with E-state index in [2.05, 4.69) is 34.0 Å². The van der Waals surface area contributed by atoms with Gasteiger partial charge in [0.25, 0.3) is 0 Å². The lowest BCUT2D eigenvalue weighted by Crippen LogP contribution is -2.34. The number of nitrogens with one attached hydrogen (secondary N) is 1. The molecule has 0 saturated carbocycles. The van der Waals surface area contributed by atoms with Crippen LogP contribution in [0, 0.1) is 0 Å². The predicted molar refractivity (Wildman–Crippen MR) is 117 cm³/mol. The lowest BCUT2D eigenvalue weighted by molar-refractivity contribution is 1.15. The van der Waals surface area contributed by atoms with Crippen molar-refractivity contribution < 1.29 is 0 Å². The fourth-order valence-corrected chi connectivity index (χ4v) is 3.41. The average molecular weight is 370 g/mol. The number of thiocarbonyl (C=S) groups is 1. The average Bonchev–Trinajstić information content (AvgIpc) is 2.72. The third-order valence-electron chi connectivity index (χ3n) is 4.34. The van der Waals surface area contributed by atoms with Crippen LogP contribution in [0.2, 0.25) is 0 Å². The molecular formula is C22H18N4S. The van der Waals surface area contributed by atoms with Gasteiger partial charge in [0.1, 0.15) is 0 Å². The second-order valence-corrected chi connectivity index (χ2v) is 6.45. The molecule has 4 aromatic rings. The molecule has 5 heteroatoms. The molecule has 1 N–H and O–H groups in total. The van der Waals surface area contributed by atoms with E-state index in [0.29, 0.717) is 11.7 Å². The van der Waals surface area contributed by atoms with Crippen LogP contribution in [0.3, 0.4) is 0 Å². The Morgan fingerprint density at radius 1 is 1.00 bits per heavy atom. The van der Waals surface area contributed by atoms with E-state index in [1.54, 1.807) is 12.4 Å². The summed E-state index contributed by atoms with van der Waals surface area (Å²) < 4.78 is 0. The van der Waals surface area contributed by atoms with Crippen molar-refractivity contribution in [3.8, 4) is 0 Å². The van der Waals surface area contributed by atoms with Gasteiger partial charge in [0, 0.05) is 35.4 Å². The molecule has 4 nitrogen and oxygen atoms in total.